The third-order valence-corrected chi connectivity index (χ3v) is 4.17. The molecule has 21 heavy (non-hydrogen) atoms. The Morgan fingerprint density at radius 1 is 1.10 bits per heavy atom. The van der Waals surface area contributed by atoms with Crippen molar-refractivity contribution in [2.45, 2.75) is 4.90 Å². The molecule has 0 bridgehead atoms. The number of rotatable bonds is 5. The van der Waals surface area contributed by atoms with Crippen LogP contribution in [0.3, 0.4) is 0 Å². The predicted molar refractivity (Wildman–Crippen MR) is 89.4 cm³/mol. The summed E-state index contributed by atoms with van der Waals surface area (Å²) < 4.78 is 0. The predicted octanol–water partition coefficient (Wildman–Crippen LogP) is 4.24. The van der Waals surface area contributed by atoms with Gasteiger partial charge in [0, 0.05) is 10.5 Å². The molecular formula is C15H12Cl2N2OS. The van der Waals surface area contributed by atoms with Crippen LogP contribution in [0.25, 0.3) is 0 Å². The van der Waals surface area contributed by atoms with Gasteiger partial charge in [0.05, 0.1) is 22.0 Å². The van der Waals surface area contributed by atoms with Gasteiger partial charge in [-0.3, -0.25) is 4.79 Å². The lowest BCUT2D eigenvalue weighted by atomic mass is 10.2. The summed E-state index contributed by atoms with van der Waals surface area (Å²) in [7, 11) is 0. The number of thioether (sulfide) groups is 1. The monoisotopic (exact) mass is 338 g/mol. The maximum absolute atomic E-state index is 11.7. The number of hydrogen-bond acceptors (Lipinski definition) is 3. The van der Waals surface area contributed by atoms with E-state index in [-0.39, 0.29) is 11.7 Å². The van der Waals surface area contributed by atoms with Gasteiger partial charge in [-0.1, -0.05) is 47.5 Å². The van der Waals surface area contributed by atoms with Gasteiger partial charge in [0.2, 0.25) is 5.91 Å². The summed E-state index contributed by atoms with van der Waals surface area (Å²) in [5.74, 6) is 0.0979. The summed E-state index contributed by atoms with van der Waals surface area (Å²) in [6, 6.07) is 14.9. The molecule has 0 atom stereocenters. The van der Waals surface area contributed by atoms with Crippen LogP contribution in [0.1, 0.15) is 5.56 Å². The van der Waals surface area contributed by atoms with Gasteiger partial charge in [0.1, 0.15) is 0 Å². The second-order valence-electron chi connectivity index (χ2n) is 4.03. The number of hydrogen-bond donors (Lipinski definition) is 1. The molecule has 0 heterocycles. The van der Waals surface area contributed by atoms with Crippen LogP contribution >= 0.6 is 35.0 Å². The standard InChI is InChI=1S/C15H12Cl2N2OS/c16-13-7-4-8-14(17)12(13)9-18-19-15(20)10-21-11-5-2-1-3-6-11/h1-9H,10H2,(H,19,20). The highest BCUT2D eigenvalue weighted by atomic mass is 35.5. The molecule has 0 spiro atoms. The summed E-state index contributed by atoms with van der Waals surface area (Å²) in [4.78, 5) is 12.7. The van der Waals surface area contributed by atoms with E-state index in [1.807, 2.05) is 30.3 Å². The van der Waals surface area contributed by atoms with Crippen molar-refractivity contribution in [2.75, 3.05) is 5.75 Å². The number of benzene rings is 2. The largest absolute Gasteiger partial charge is 0.272 e. The Hall–Kier alpha value is -1.49. The van der Waals surface area contributed by atoms with E-state index >= 15 is 0 Å². The first kappa shape index (κ1) is 15.9. The van der Waals surface area contributed by atoms with Crippen LogP contribution in [0.4, 0.5) is 0 Å². The average Bonchev–Trinajstić information content (AvgIpc) is 2.49. The highest BCUT2D eigenvalue weighted by molar-refractivity contribution is 8.00. The van der Waals surface area contributed by atoms with Crippen molar-refractivity contribution in [2.24, 2.45) is 5.10 Å². The van der Waals surface area contributed by atoms with Crippen molar-refractivity contribution in [3.8, 4) is 0 Å². The van der Waals surface area contributed by atoms with E-state index in [1.54, 1.807) is 18.2 Å². The molecule has 0 aliphatic heterocycles. The lowest BCUT2D eigenvalue weighted by Gasteiger charge is -2.02. The summed E-state index contributed by atoms with van der Waals surface area (Å²) in [6.07, 6.45) is 1.44. The molecule has 6 heteroatoms. The Balaban J connectivity index is 1.85. The minimum atomic E-state index is -0.191. The third-order valence-electron chi connectivity index (χ3n) is 2.50. The molecule has 0 unspecified atom stereocenters. The molecule has 108 valence electrons. The number of carbonyl (C=O) groups is 1. The number of nitrogens with zero attached hydrogens (tertiary/aromatic N) is 1. The van der Waals surface area contributed by atoms with E-state index < -0.39 is 0 Å². The number of hydrazone groups is 1. The van der Waals surface area contributed by atoms with E-state index in [0.717, 1.165) is 4.90 Å². The number of amides is 1. The van der Waals surface area contributed by atoms with Crippen molar-refractivity contribution in [3.05, 3.63) is 64.1 Å². The molecule has 0 aliphatic rings. The molecule has 0 aromatic heterocycles. The number of nitrogens with one attached hydrogen (secondary N) is 1. The van der Waals surface area contributed by atoms with Gasteiger partial charge >= 0.3 is 0 Å². The van der Waals surface area contributed by atoms with Gasteiger partial charge in [0.25, 0.3) is 0 Å². The van der Waals surface area contributed by atoms with E-state index in [1.165, 1.54) is 18.0 Å². The fourth-order valence-corrected chi connectivity index (χ4v) is 2.71. The maximum atomic E-state index is 11.7. The first-order valence-corrected chi connectivity index (χ1v) is 7.85. The fraction of sp³-hybridized carbons (Fsp3) is 0.0667. The van der Waals surface area contributed by atoms with Gasteiger partial charge in [-0.05, 0) is 24.3 Å². The summed E-state index contributed by atoms with van der Waals surface area (Å²) >= 11 is 13.4. The fourth-order valence-electron chi connectivity index (χ4n) is 1.50. The minimum Gasteiger partial charge on any atom is -0.272 e. The molecule has 2 aromatic carbocycles. The SMILES string of the molecule is O=C(CSc1ccccc1)NN=Cc1c(Cl)cccc1Cl. The Bertz CT molecular complexity index is 627. The van der Waals surface area contributed by atoms with Gasteiger partial charge in [-0.15, -0.1) is 11.8 Å². The Labute approximate surface area is 137 Å². The highest BCUT2D eigenvalue weighted by Crippen LogP contribution is 2.22. The van der Waals surface area contributed by atoms with Crippen LogP contribution in [0.2, 0.25) is 10.0 Å². The van der Waals surface area contributed by atoms with Crippen molar-refractivity contribution in [1.29, 1.82) is 0 Å². The average molecular weight is 339 g/mol. The van der Waals surface area contributed by atoms with Crippen molar-refractivity contribution < 1.29 is 4.79 Å². The zero-order valence-corrected chi connectivity index (χ0v) is 13.3. The van der Waals surface area contributed by atoms with Crippen LogP contribution < -0.4 is 5.43 Å². The van der Waals surface area contributed by atoms with Crippen LogP contribution in [0.15, 0.2) is 58.5 Å². The third kappa shape index (κ3) is 5.08. The normalized spacial score (nSPS) is 10.8. The summed E-state index contributed by atoms with van der Waals surface area (Å²) in [5.41, 5.74) is 3.03. The maximum Gasteiger partial charge on any atom is 0.250 e. The molecule has 0 fully saturated rings. The second-order valence-corrected chi connectivity index (χ2v) is 5.89. The molecule has 3 nitrogen and oxygen atoms in total. The van der Waals surface area contributed by atoms with Gasteiger partial charge in [-0.2, -0.15) is 5.10 Å². The van der Waals surface area contributed by atoms with Crippen LogP contribution in [-0.2, 0) is 4.79 Å². The van der Waals surface area contributed by atoms with Gasteiger partial charge < -0.3 is 0 Å². The van der Waals surface area contributed by atoms with E-state index in [4.69, 9.17) is 23.2 Å². The minimum absolute atomic E-state index is 0.191. The second kappa shape index (κ2) is 8.08. The summed E-state index contributed by atoms with van der Waals surface area (Å²) in [5, 5.41) is 4.84. The van der Waals surface area contributed by atoms with E-state index in [2.05, 4.69) is 10.5 Å². The molecule has 1 amide bonds. The first-order chi connectivity index (χ1) is 10.2. The molecule has 2 aromatic rings. The lowest BCUT2D eigenvalue weighted by Crippen LogP contribution is -2.19. The molecule has 1 N–H and O–H groups in total. The quantitative estimate of drug-likeness (QED) is 0.503. The smallest absolute Gasteiger partial charge is 0.250 e. The van der Waals surface area contributed by atoms with Crippen LogP contribution in [0.5, 0.6) is 0 Å². The van der Waals surface area contributed by atoms with E-state index in [0.29, 0.717) is 15.6 Å². The molecule has 0 aliphatic carbocycles. The van der Waals surface area contributed by atoms with Crippen molar-refractivity contribution >= 4 is 47.1 Å². The van der Waals surface area contributed by atoms with Gasteiger partial charge in [0.15, 0.2) is 0 Å². The number of halogens is 2. The molecule has 2 rings (SSSR count). The topological polar surface area (TPSA) is 41.5 Å². The Kier molecular flexibility index (Phi) is 6.11. The zero-order valence-electron chi connectivity index (χ0n) is 10.9. The molecule has 0 radical (unpaired) electrons. The summed E-state index contributed by atoms with van der Waals surface area (Å²) in [6.45, 7) is 0. The Morgan fingerprint density at radius 2 is 1.76 bits per heavy atom. The molecule has 0 saturated carbocycles. The van der Waals surface area contributed by atoms with Crippen LogP contribution in [0, 0.1) is 0 Å². The molecular weight excluding hydrogens is 327 g/mol. The lowest BCUT2D eigenvalue weighted by molar-refractivity contribution is -0.118. The van der Waals surface area contributed by atoms with Crippen LogP contribution in [-0.4, -0.2) is 17.9 Å². The van der Waals surface area contributed by atoms with Gasteiger partial charge in [-0.25, -0.2) is 5.43 Å². The van der Waals surface area contributed by atoms with Crippen molar-refractivity contribution in [3.63, 3.8) is 0 Å². The first-order valence-electron chi connectivity index (χ1n) is 6.10. The number of carbonyl (C=O) groups excluding carboxylic acids is 1. The molecule has 0 saturated heterocycles. The highest BCUT2D eigenvalue weighted by Gasteiger charge is 2.03. The zero-order chi connectivity index (χ0) is 15.1. The van der Waals surface area contributed by atoms with Crippen molar-refractivity contribution in [1.82, 2.24) is 5.43 Å². The Morgan fingerprint density at radius 3 is 2.43 bits per heavy atom. The van der Waals surface area contributed by atoms with E-state index in [9.17, 15) is 4.79 Å².